The third-order valence-electron chi connectivity index (χ3n) is 3.67. The maximum Gasteiger partial charge on any atom is 0.184 e. The standard InChI is InChI=1S/C11H19ClO2Si/c1-10(12)9(13)8-6-5-7-11(8,10)14-15(2,3)4/h8H,5-7H2,1-4H3/t8?,10?,11-/m1/s1. The number of Topliss-reactive ketones (excluding diaryl/α,β-unsaturated/α-hetero) is 1. The molecule has 15 heavy (non-hydrogen) atoms. The number of carbonyl (C=O) groups is 1. The van der Waals surface area contributed by atoms with E-state index in [0.717, 1.165) is 19.3 Å². The number of hydrogen-bond donors (Lipinski definition) is 0. The van der Waals surface area contributed by atoms with Crippen LogP contribution in [0.4, 0.5) is 0 Å². The van der Waals surface area contributed by atoms with Gasteiger partial charge in [-0.05, 0) is 45.8 Å². The zero-order valence-electron chi connectivity index (χ0n) is 9.89. The first-order chi connectivity index (χ1) is 6.71. The Bertz CT molecular complexity index is 308. The molecule has 2 unspecified atom stereocenters. The van der Waals surface area contributed by atoms with Crippen LogP contribution < -0.4 is 0 Å². The van der Waals surface area contributed by atoms with Gasteiger partial charge in [0.25, 0.3) is 0 Å². The van der Waals surface area contributed by atoms with E-state index in [-0.39, 0.29) is 17.3 Å². The van der Waals surface area contributed by atoms with Crippen LogP contribution >= 0.6 is 11.6 Å². The van der Waals surface area contributed by atoms with Gasteiger partial charge in [-0.15, -0.1) is 11.6 Å². The molecule has 0 N–H and O–H groups in total. The highest BCUT2D eigenvalue weighted by molar-refractivity contribution is 6.70. The lowest BCUT2D eigenvalue weighted by Gasteiger charge is -2.57. The molecule has 0 aromatic rings. The van der Waals surface area contributed by atoms with Gasteiger partial charge in [0.2, 0.25) is 0 Å². The summed E-state index contributed by atoms with van der Waals surface area (Å²) in [5, 5.41) is 0. The van der Waals surface area contributed by atoms with Gasteiger partial charge in [0.05, 0.1) is 5.60 Å². The molecule has 4 heteroatoms. The van der Waals surface area contributed by atoms with E-state index in [9.17, 15) is 4.79 Å². The van der Waals surface area contributed by atoms with Crippen molar-refractivity contribution in [2.75, 3.05) is 0 Å². The third kappa shape index (κ3) is 1.43. The summed E-state index contributed by atoms with van der Waals surface area (Å²) >= 11 is 6.37. The van der Waals surface area contributed by atoms with E-state index < -0.39 is 13.2 Å². The second-order valence-corrected chi connectivity index (χ2v) is 11.1. The minimum Gasteiger partial charge on any atom is -0.409 e. The van der Waals surface area contributed by atoms with Gasteiger partial charge < -0.3 is 4.43 Å². The van der Waals surface area contributed by atoms with Crippen LogP contribution in [0.25, 0.3) is 0 Å². The van der Waals surface area contributed by atoms with Crippen LogP contribution in [0.5, 0.6) is 0 Å². The lowest BCUT2D eigenvalue weighted by molar-refractivity contribution is -0.158. The van der Waals surface area contributed by atoms with Crippen LogP contribution in [0.3, 0.4) is 0 Å². The summed E-state index contributed by atoms with van der Waals surface area (Å²) in [6.07, 6.45) is 2.99. The first kappa shape index (κ1) is 11.6. The van der Waals surface area contributed by atoms with Crippen molar-refractivity contribution in [1.82, 2.24) is 0 Å². The Morgan fingerprint density at radius 3 is 2.60 bits per heavy atom. The smallest absolute Gasteiger partial charge is 0.184 e. The minimum atomic E-state index is -1.64. The zero-order chi connectivity index (χ0) is 11.5. The number of ketones is 1. The normalized spacial score (nSPS) is 45.1. The fourth-order valence-electron chi connectivity index (χ4n) is 3.10. The predicted molar refractivity (Wildman–Crippen MR) is 63.8 cm³/mol. The average Bonchev–Trinajstić information content (AvgIpc) is 2.43. The molecule has 0 radical (unpaired) electrons. The predicted octanol–water partition coefficient (Wildman–Crippen LogP) is 2.96. The quantitative estimate of drug-likeness (QED) is 0.553. The number of hydrogen-bond acceptors (Lipinski definition) is 2. The molecule has 0 spiro atoms. The van der Waals surface area contributed by atoms with Crippen LogP contribution in [0.15, 0.2) is 0 Å². The fraction of sp³-hybridized carbons (Fsp3) is 0.909. The van der Waals surface area contributed by atoms with Crippen molar-refractivity contribution in [3.63, 3.8) is 0 Å². The molecule has 2 rings (SSSR count). The fourth-order valence-corrected chi connectivity index (χ4v) is 5.11. The molecule has 2 aliphatic carbocycles. The molecule has 0 amide bonds. The lowest BCUT2D eigenvalue weighted by Crippen LogP contribution is -2.73. The van der Waals surface area contributed by atoms with Crippen molar-refractivity contribution in [2.45, 2.75) is 56.3 Å². The molecule has 2 saturated carbocycles. The molecular weight excluding hydrogens is 228 g/mol. The number of carbonyl (C=O) groups excluding carboxylic acids is 1. The topological polar surface area (TPSA) is 26.3 Å². The van der Waals surface area contributed by atoms with Gasteiger partial charge in [-0.2, -0.15) is 0 Å². The Labute approximate surface area is 97.5 Å². The molecule has 2 fully saturated rings. The van der Waals surface area contributed by atoms with Crippen LogP contribution in [0.2, 0.25) is 19.6 Å². The molecule has 2 aliphatic rings. The molecule has 0 aliphatic heterocycles. The SMILES string of the molecule is CC1(Cl)C(=O)C2CCC[C@@]21O[Si](C)(C)C. The number of rotatable bonds is 2. The Kier molecular flexibility index (Phi) is 2.39. The van der Waals surface area contributed by atoms with Crippen LogP contribution in [-0.2, 0) is 9.22 Å². The molecule has 0 aromatic heterocycles. The van der Waals surface area contributed by atoms with Crippen molar-refractivity contribution in [3.8, 4) is 0 Å². The summed E-state index contributed by atoms with van der Waals surface area (Å²) in [4.78, 5) is 11.1. The minimum absolute atomic E-state index is 0.0757. The molecule has 0 bridgehead atoms. The van der Waals surface area contributed by atoms with E-state index in [1.54, 1.807) is 0 Å². The van der Waals surface area contributed by atoms with Gasteiger partial charge in [0.15, 0.2) is 14.1 Å². The summed E-state index contributed by atoms with van der Waals surface area (Å²) in [6, 6.07) is 0. The van der Waals surface area contributed by atoms with E-state index in [1.165, 1.54) is 0 Å². The number of halogens is 1. The second kappa shape index (κ2) is 3.08. The first-order valence-electron chi connectivity index (χ1n) is 5.64. The highest BCUT2D eigenvalue weighted by atomic mass is 35.5. The largest absolute Gasteiger partial charge is 0.409 e. The van der Waals surface area contributed by atoms with Crippen molar-refractivity contribution in [3.05, 3.63) is 0 Å². The Morgan fingerprint density at radius 1 is 1.47 bits per heavy atom. The maximum absolute atomic E-state index is 11.9. The van der Waals surface area contributed by atoms with Crippen LogP contribution in [0.1, 0.15) is 26.2 Å². The molecular formula is C11H19ClO2Si. The monoisotopic (exact) mass is 246 g/mol. The Morgan fingerprint density at radius 2 is 2.07 bits per heavy atom. The van der Waals surface area contributed by atoms with Crippen molar-refractivity contribution < 1.29 is 9.22 Å². The average molecular weight is 247 g/mol. The van der Waals surface area contributed by atoms with Gasteiger partial charge in [0, 0.05) is 5.92 Å². The molecule has 0 saturated heterocycles. The third-order valence-corrected chi connectivity index (χ3v) is 5.15. The van der Waals surface area contributed by atoms with Crippen LogP contribution in [-0.4, -0.2) is 24.6 Å². The van der Waals surface area contributed by atoms with Crippen LogP contribution in [0, 0.1) is 5.92 Å². The highest BCUT2D eigenvalue weighted by Crippen LogP contribution is 2.60. The summed E-state index contributed by atoms with van der Waals surface area (Å²) < 4.78 is 6.26. The Balaban J connectivity index is 2.29. The zero-order valence-corrected chi connectivity index (χ0v) is 11.6. The van der Waals surface area contributed by atoms with E-state index in [0.29, 0.717) is 0 Å². The highest BCUT2D eigenvalue weighted by Gasteiger charge is 2.72. The van der Waals surface area contributed by atoms with Crippen molar-refractivity contribution >= 4 is 25.7 Å². The van der Waals surface area contributed by atoms with Gasteiger partial charge in [-0.25, -0.2) is 0 Å². The summed E-state index contributed by atoms with van der Waals surface area (Å²) in [6.45, 7) is 8.31. The first-order valence-corrected chi connectivity index (χ1v) is 9.43. The summed E-state index contributed by atoms with van der Waals surface area (Å²) in [5.74, 6) is 0.270. The molecule has 86 valence electrons. The second-order valence-electron chi connectivity index (χ2n) is 5.92. The van der Waals surface area contributed by atoms with E-state index in [4.69, 9.17) is 16.0 Å². The van der Waals surface area contributed by atoms with Crippen molar-refractivity contribution in [1.29, 1.82) is 0 Å². The van der Waals surface area contributed by atoms with E-state index in [1.807, 2.05) is 6.92 Å². The van der Waals surface area contributed by atoms with Gasteiger partial charge in [0.1, 0.15) is 4.87 Å². The Hall–Kier alpha value is 0.137. The molecule has 2 nitrogen and oxygen atoms in total. The lowest BCUT2D eigenvalue weighted by atomic mass is 9.62. The summed E-state index contributed by atoms with van der Waals surface area (Å²) in [7, 11) is -1.64. The molecule has 0 heterocycles. The van der Waals surface area contributed by atoms with E-state index in [2.05, 4.69) is 19.6 Å². The van der Waals surface area contributed by atoms with Gasteiger partial charge in [-0.1, -0.05) is 0 Å². The van der Waals surface area contributed by atoms with Gasteiger partial charge in [-0.3, -0.25) is 4.79 Å². The molecule has 0 aromatic carbocycles. The summed E-state index contributed by atoms with van der Waals surface area (Å²) in [5.41, 5.74) is -0.337. The molecule has 3 atom stereocenters. The van der Waals surface area contributed by atoms with E-state index >= 15 is 0 Å². The number of alkyl halides is 1. The number of fused-ring (bicyclic) bond motifs is 1. The maximum atomic E-state index is 11.9. The van der Waals surface area contributed by atoms with Crippen molar-refractivity contribution in [2.24, 2.45) is 5.92 Å². The van der Waals surface area contributed by atoms with Gasteiger partial charge >= 0.3 is 0 Å².